The highest BCUT2D eigenvalue weighted by Gasteiger charge is 2.05. The molecule has 0 aliphatic heterocycles. The zero-order valence-electron chi connectivity index (χ0n) is 8.40. The monoisotopic (exact) mass is 210 g/mol. The van der Waals surface area contributed by atoms with Gasteiger partial charge in [-0.05, 0) is 11.5 Å². The van der Waals surface area contributed by atoms with E-state index in [0.29, 0.717) is 0 Å². The fraction of sp³-hybridized carbons (Fsp3) is 0.0833. The molecule has 1 aromatic heterocycles. The second kappa shape index (κ2) is 3.35. The third-order valence-corrected chi connectivity index (χ3v) is 3.71. The summed E-state index contributed by atoms with van der Waals surface area (Å²) in [6.45, 7) is 2.03. The summed E-state index contributed by atoms with van der Waals surface area (Å²) in [7, 11) is 2.06. The number of hydrogen-bond donors (Lipinski definition) is 0. The molecule has 71 valence electrons. The van der Waals surface area contributed by atoms with E-state index in [1.807, 2.05) is 6.82 Å². The Morgan fingerprint density at radius 1 is 1.13 bits per heavy atom. The van der Waals surface area contributed by atoms with Gasteiger partial charge in [-0.25, -0.2) is 0 Å². The molecule has 2 aromatic carbocycles. The van der Waals surface area contributed by atoms with Crippen molar-refractivity contribution in [1.82, 2.24) is 4.98 Å². The van der Waals surface area contributed by atoms with Gasteiger partial charge >= 0.3 is 0 Å². The van der Waals surface area contributed by atoms with Crippen LogP contribution in [0.25, 0.3) is 21.0 Å². The van der Waals surface area contributed by atoms with Gasteiger partial charge in [0.05, 0.1) is 10.2 Å². The summed E-state index contributed by atoms with van der Waals surface area (Å²) in [6.07, 6.45) is 0. The van der Waals surface area contributed by atoms with E-state index in [2.05, 4.69) is 48.7 Å². The second-order valence-electron chi connectivity index (χ2n) is 3.48. The maximum atomic E-state index is 4.54. The van der Waals surface area contributed by atoms with Crippen LogP contribution in [0, 0.1) is 0 Å². The Labute approximate surface area is 93.0 Å². The quantitative estimate of drug-likeness (QED) is 0.563. The highest BCUT2D eigenvalue weighted by molar-refractivity contribution is 7.27. The fourth-order valence-corrected chi connectivity index (χ4v) is 2.78. The van der Waals surface area contributed by atoms with Gasteiger partial charge < -0.3 is 0 Å². The molecule has 1 heterocycles. The minimum atomic E-state index is 1.10. The molecule has 15 heavy (non-hydrogen) atoms. The van der Waals surface area contributed by atoms with Crippen LogP contribution in [0.1, 0.15) is 0 Å². The molecule has 0 fully saturated rings. The van der Waals surface area contributed by atoms with E-state index in [9.17, 15) is 0 Å². The van der Waals surface area contributed by atoms with E-state index in [4.69, 9.17) is 0 Å². The number of aromatic nitrogens is 1. The van der Waals surface area contributed by atoms with Gasteiger partial charge in [-0.15, -0.1) is 11.3 Å². The van der Waals surface area contributed by atoms with E-state index in [1.54, 1.807) is 11.3 Å². The molecule has 0 amide bonds. The molecule has 0 spiro atoms. The van der Waals surface area contributed by atoms with Gasteiger partial charge in [0.1, 0.15) is 0 Å². The molecule has 1 radical (unpaired) electrons. The summed E-state index contributed by atoms with van der Waals surface area (Å²) in [5, 5.41) is 2.59. The molecule has 0 bridgehead atoms. The van der Waals surface area contributed by atoms with Crippen LogP contribution in [-0.2, 0) is 0 Å². The van der Waals surface area contributed by atoms with Gasteiger partial charge in [0.2, 0.25) is 0 Å². The van der Waals surface area contributed by atoms with Crippen molar-refractivity contribution in [2.24, 2.45) is 0 Å². The lowest BCUT2D eigenvalue weighted by Gasteiger charge is -1.96. The van der Waals surface area contributed by atoms with E-state index in [-0.39, 0.29) is 0 Å². The summed E-state index contributed by atoms with van der Waals surface area (Å²) < 4.78 is 1.29. The van der Waals surface area contributed by atoms with Crippen LogP contribution in [-0.4, -0.2) is 12.3 Å². The smallest absolute Gasteiger partial charge is 0.188 e. The first-order valence-corrected chi connectivity index (χ1v) is 5.78. The number of nitrogens with zero attached hydrogens (tertiary/aromatic N) is 1. The molecule has 3 rings (SSSR count). The van der Waals surface area contributed by atoms with Crippen molar-refractivity contribution >= 4 is 44.5 Å². The molecule has 0 N–H and O–H groups in total. The van der Waals surface area contributed by atoms with Crippen LogP contribution in [0.4, 0.5) is 0 Å². The Morgan fingerprint density at radius 3 is 2.87 bits per heavy atom. The van der Waals surface area contributed by atoms with E-state index >= 15 is 0 Å². The third-order valence-electron chi connectivity index (χ3n) is 2.54. The topological polar surface area (TPSA) is 12.9 Å². The Bertz CT molecular complexity index is 630. The van der Waals surface area contributed by atoms with Crippen LogP contribution in [0.5, 0.6) is 0 Å². The first kappa shape index (κ1) is 8.92. The molecule has 3 aromatic rings. The van der Waals surface area contributed by atoms with Gasteiger partial charge in [-0.3, -0.25) is 4.98 Å². The summed E-state index contributed by atoms with van der Waals surface area (Å²) in [4.78, 5) is 5.64. The number of rotatable bonds is 1. The van der Waals surface area contributed by atoms with E-state index < -0.39 is 0 Å². The molecule has 0 saturated heterocycles. The summed E-state index contributed by atoms with van der Waals surface area (Å²) in [5.41, 5.74) is 1.10. The molecule has 0 saturated carbocycles. The molecule has 0 aliphatic rings. The standard InChI is InChI=1S/C12H9BNS/c1-13-12-14-10-7-6-8-4-2-3-5-9(8)11(10)15-12/h2-7H,1H3. The van der Waals surface area contributed by atoms with Crippen molar-refractivity contribution in [1.29, 1.82) is 0 Å². The van der Waals surface area contributed by atoms with Crippen molar-refractivity contribution in [2.75, 3.05) is 0 Å². The maximum absolute atomic E-state index is 4.54. The summed E-state index contributed by atoms with van der Waals surface area (Å²) in [6, 6.07) is 12.7. The first-order valence-electron chi connectivity index (χ1n) is 4.96. The molecular formula is C12H9BNS. The molecule has 1 nitrogen and oxygen atoms in total. The zero-order chi connectivity index (χ0) is 10.3. The Balaban J connectivity index is 2.47. The van der Waals surface area contributed by atoms with Gasteiger partial charge in [0.15, 0.2) is 7.28 Å². The predicted octanol–water partition coefficient (Wildman–Crippen LogP) is 2.83. The SMILES string of the molecule is C[B]c1nc2ccc3ccccc3c2s1. The van der Waals surface area contributed by atoms with Gasteiger partial charge in [0.25, 0.3) is 0 Å². The Kier molecular flexibility index (Phi) is 1.99. The number of thiazole rings is 1. The average Bonchev–Trinajstić information content (AvgIpc) is 2.72. The predicted molar refractivity (Wildman–Crippen MR) is 68.4 cm³/mol. The molecule has 0 atom stereocenters. The summed E-state index contributed by atoms with van der Waals surface area (Å²) in [5.74, 6) is 0. The van der Waals surface area contributed by atoms with Crippen LogP contribution >= 0.6 is 11.3 Å². The van der Waals surface area contributed by atoms with Gasteiger partial charge in [-0.2, -0.15) is 0 Å². The lowest BCUT2D eigenvalue weighted by atomic mass is 9.84. The van der Waals surface area contributed by atoms with Gasteiger partial charge in [0, 0.05) is 10.3 Å². The number of benzene rings is 2. The van der Waals surface area contributed by atoms with E-state index in [1.165, 1.54) is 15.5 Å². The normalized spacial score (nSPS) is 11.0. The second-order valence-corrected chi connectivity index (χ2v) is 4.51. The van der Waals surface area contributed by atoms with Crippen molar-refractivity contribution in [2.45, 2.75) is 6.82 Å². The van der Waals surface area contributed by atoms with Crippen LogP contribution < -0.4 is 4.91 Å². The summed E-state index contributed by atoms with van der Waals surface area (Å²) >= 11 is 1.76. The van der Waals surface area contributed by atoms with Gasteiger partial charge in [-0.1, -0.05) is 37.2 Å². The van der Waals surface area contributed by atoms with Crippen LogP contribution in [0.3, 0.4) is 0 Å². The molecule has 0 unspecified atom stereocenters. The van der Waals surface area contributed by atoms with Crippen LogP contribution in [0.15, 0.2) is 36.4 Å². The van der Waals surface area contributed by atoms with Crippen molar-refractivity contribution < 1.29 is 0 Å². The minimum Gasteiger partial charge on any atom is -0.252 e. The molecular weight excluding hydrogens is 201 g/mol. The minimum absolute atomic E-state index is 1.10. The Hall–Kier alpha value is -1.35. The largest absolute Gasteiger partial charge is 0.252 e. The highest BCUT2D eigenvalue weighted by Crippen LogP contribution is 2.26. The lowest BCUT2D eigenvalue weighted by molar-refractivity contribution is 1.55. The zero-order valence-corrected chi connectivity index (χ0v) is 9.21. The third kappa shape index (κ3) is 1.35. The Morgan fingerprint density at radius 2 is 2.00 bits per heavy atom. The first-order chi connectivity index (χ1) is 7.38. The molecule has 3 heteroatoms. The number of fused-ring (bicyclic) bond motifs is 3. The van der Waals surface area contributed by atoms with E-state index in [0.717, 1.165) is 10.4 Å². The fourth-order valence-electron chi connectivity index (χ4n) is 1.80. The lowest BCUT2D eigenvalue weighted by Crippen LogP contribution is -2.07. The van der Waals surface area contributed by atoms with Crippen molar-refractivity contribution in [3.8, 4) is 0 Å². The van der Waals surface area contributed by atoms with Crippen molar-refractivity contribution in [3.05, 3.63) is 36.4 Å². The highest BCUT2D eigenvalue weighted by atomic mass is 32.1. The average molecular weight is 210 g/mol. The number of hydrogen-bond acceptors (Lipinski definition) is 2. The molecule has 0 aliphatic carbocycles. The van der Waals surface area contributed by atoms with Crippen LogP contribution in [0.2, 0.25) is 6.82 Å². The van der Waals surface area contributed by atoms with Crippen molar-refractivity contribution in [3.63, 3.8) is 0 Å². The maximum Gasteiger partial charge on any atom is 0.188 e.